The van der Waals surface area contributed by atoms with Crippen LogP contribution in [0.3, 0.4) is 0 Å². The van der Waals surface area contributed by atoms with Crippen LogP contribution in [-0.2, 0) is 14.3 Å². The van der Waals surface area contributed by atoms with E-state index in [1.807, 2.05) is 45.9 Å². The maximum Gasteiger partial charge on any atom is 0.408 e. The normalized spacial score (nSPS) is 12.8. The largest absolute Gasteiger partial charge is 0.497 e. The molecular weight excluding hydrogens is 482 g/mol. The molecule has 2 N–H and O–H groups in total. The quantitative estimate of drug-likeness (QED) is 0.398. The zero-order chi connectivity index (χ0) is 28.6. The average Bonchev–Trinajstić information content (AvgIpc) is 2.82. The lowest BCUT2D eigenvalue weighted by atomic mass is 9.92. The fourth-order valence-electron chi connectivity index (χ4n) is 4.16. The van der Waals surface area contributed by atoms with Gasteiger partial charge in [0.05, 0.1) is 7.11 Å². The Morgan fingerprint density at radius 3 is 2.08 bits per heavy atom. The Balaban J connectivity index is 2.55. The molecule has 8 heteroatoms. The van der Waals surface area contributed by atoms with E-state index in [0.717, 1.165) is 11.1 Å². The van der Waals surface area contributed by atoms with E-state index in [2.05, 4.69) is 17.2 Å². The molecule has 2 aromatic carbocycles. The Hall–Kier alpha value is -3.81. The molecule has 2 aromatic rings. The number of methoxy groups -OCH3 is 1. The van der Waals surface area contributed by atoms with Crippen molar-refractivity contribution in [2.45, 2.75) is 66.2 Å². The Morgan fingerprint density at radius 2 is 1.61 bits per heavy atom. The van der Waals surface area contributed by atoms with Crippen molar-refractivity contribution in [3.05, 3.63) is 71.8 Å². The smallest absolute Gasteiger partial charge is 0.408 e. The van der Waals surface area contributed by atoms with Gasteiger partial charge >= 0.3 is 6.09 Å². The number of aryl methyl sites for hydroxylation is 2. The zero-order valence-electron chi connectivity index (χ0n) is 23.8. The number of nitrogens with one attached hydrogen (secondary N) is 2. The summed E-state index contributed by atoms with van der Waals surface area (Å²) in [4.78, 5) is 42.1. The first-order valence-corrected chi connectivity index (χ1v) is 12.7. The number of rotatable bonds is 10. The number of benzene rings is 2. The summed E-state index contributed by atoms with van der Waals surface area (Å²) >= 11 is 0. The lowest BCUT2D eigenvalue weighted by Gasteiger charge is -2.36. The van der Waals surface area contributed by atoms with Crippen molar-refractivity contribution in [3.63, 3.8) is 0 Å². The number of carbonyl (C=O) groups is 3. The van der Waals surface area contributed by atoms with Crippen molar-refractivity contribution in [1.29, 1.82) is 0 Å². The average molecular weight is 524 g/mol. The Kier molecular flexibility index (Phi) is 10.5. The fourth-order valence-corrected chi connectivity index (χ4v) is 4.16. The highest BCUT2D eigenvalue weighted by atomic mass is 16.6. The number of hydrogen-bond donors (Lipinski definition) is 2. The monoisotopic (exact) mass is 523 g/mol. The standard InChI is InChI=1S/C30H41N3O5/c1-10-18-33(28(35)25(19(2)3)32-29(36)38-30(6,7)8)26(24-20(4)12-11-13-21(24)5)27(34)31-22-14-16-23(37-9)17-15-22/h10-17,19,25-26H,1,18H2,2-9H3,(H,31,34)(H,32,36). The molecule has 206 valence electrons. The molecule has 3 amide bonds. The second-order valence-electron chi connectivity index (χ2n) is 10.6. The van der Waals surface area contributed by atoms with Gasteiger partial charge in [0.1, 0.15) is 23.4 Å². The fraction of sp³-hybridized carbons (Fsp3) is 0.433. The van der Waals surface area contributed by atoms with E-state index in [0.29, 0.717) is 17.0 Å². The molecule has 0 spiro atoms. The lowest BCUT2D eigenvalue weighted by molar-refractivity contribution is -0.141. The highest BCUT2D eigenvalue weighted by molar-refractivity contribution is 5.99. The van der Waals surface area contributed by atoms with Gasteiger partial charge in [-0.3, -0.25) is 9.59 Å². The van der Waals surface area contributed by atoms with E-state index in [-0.39, 0.29) is 18.4 Å². The first kappa shape index (κ1) is 30.4. The molecule has 2 atom stereocenters. The van der Waals surface area contributed by atoms with Crippen LogP contribution in [0, 0.1) is 19.8 Å². The van der Waals surface area contributed by atoms with Crippen molar-refractivity contribution < 1.29 is 23.9 Å². The topological polar surface area (TPSA) is 97.0 Å². The van der Waals surface area contributed by atoms with Crippen molar-refractivity contribution in [3.8, 4) is 5.75 Å². The molecule has 0 saturated heterocycles. The molecule has 0 aliphatic carbocycles. The van der Waals surface area contributed by atoms with Crippen LogP contribution >= 0.6 is 0 Å². The summed E-state index contributed by atoms with van der Waals surface area (Å²) in [5, 5.41) is 5.66. The SMILES string of the molecule is C=CCN(C(=O)C(NC(=O)OC(C)(C)C)C(C)C)C(C(=O)Nc1ccc(OC)cc1)c1c(C)cccc1C. The number of alkyl carbamates (subject to hydrolysis) is 1. The molecule has 0 fully saturated rings. The minimum absolute atomic E-state index is 0.0898. The summed E-state index contributed by atoms with van der Waals surface area (Å²) in [5.41, 5.74) is 2.28. The number of nitrogens with zero attached hydrogens (tertiary/aromatic N) is 1. The molecule has 0 aliphatic rings. The lowest BCUT2D eigenvalue weighted by Crippen LogP contribution is -2.54. The van der Waals surface area contributed by atoms with Gasteiger partial charge in [-0.15, -0.1) is 6.58 Å². The Morgan fingerprint density at radius 1 is 1.03 bits per heavy atom. The van der Waals surface area contributed by atoms with Crippen LogP contribution in [0.5, 0.6) is 5.75 Å². The summed E-state index contributed by atoms with van der Waals surface area (Å²) in [5.74, 6) is -0.415. The maximum atomic E-state index is 14.1. The number of amides is 3. The van der Waals surface area contributed by atoms with Crippen LogP contribution < -0.4 is 15.4 Å². The van der Waals surface area contributed by atoms with Crippen LogP contribution in [0.4, 0.5) is 10.5 Å². The van der Waals surface area contributed by atoms with Gasteiger partial charge in [0.15, 0.2) is 0 Å². The summed E-state index contributed by atoms with van der Waals surface area (Å²) in [6.07, 6.45) is 0.874. The van der Waals surface area contributed by atoms with Crippen molar-refractivity contribution in [1.82, 2.24) is 10.2 Å². The highest BCUT2D eigenvalue weighted by Crippen LogP contribution is 2.30. The number of hydrogen-bond acceptors (Lipinski definition) is 5. The van der Waals surface area contributed by atoms with E-state index in [9.17, 15) is 14.4 Å². The highest BCUT2D eigenvalue weighted by Gasteiger charge is 2.38. The van der Waals surface area contributed by atoms with E-state index >= 15 is 0 Å². The first-order chi connectivity index (χ1) is 17.8. The third-order valence-corrected chi connectivity index (χ3v) is 5.95. The molecule has 0 radical (unpaired) electrons. The Bertz CT molecular complexity index is 1120. The predicted octanol–water partition coefficient (Wildman–Crippen LogP) is 5.56. The van der Waals surface area contributed by atoms with Gasteiger partial charge in [0, 0.05) is 12.2 Å². The molecule has 38 heavy (non-hydrogen) atoms. The van der Waals surface area contributed by atoms with Gasteiger partial charge in [-0.2, -0.15) is 0 Å². The third-order valence-electron chi connectivity index (χ3n) is 5.95. The molecule has 0 heterocycles. The summed E-state index contributed by atoms with van der Waals surface area (Å²) in [7, 11) is 1.57. The van der Waals surface area contributed by atoms with Crippen LogP contribution in [0.15, 0.2) is 55.1 Å². The minimum Gasteiger partial charge on any atom is -0.497 e. The molecular formula is C30H41N3O5. The molecule has 0 aliphatic heterocycles. The van der Waals surface area contributed by atoms with Crippen molar-refractivity contribution in [2.75, 3.05) is 19.0 Å². The number of carbonyl (C=O) groups excluding carboxylic acids is 3. The number of anilines is 1. The Labute approximate surface area is 226 Å². The third kappa shape index (κ3) is 8.10. The molecule has 2 rings (SSSR count). The van der Waals surface area contributed by atoms with E-state index in [1.54, 1.807) is 58.2 Å². The van der Waals surface area contributed by atoms with Crippen molar-refractivity contribution in [2.24, 2.45) is 5.92 Å². The first-order valence-electron chi connectivity index (χ1n) is 12.7. The van der Waals surface area contributed by atoms with Gasteiger partial charge in [-0.05, 0) is 81.5 Å². The van der Waals surface area contributed by atoms with Crippen LogP contribution in [0.1, 0.15) is 57.4 Å². The second kappa shape index (κ2) is 13.1. The van der Waals surface area contributed by atoms with Gasteiger partial charge < -0.3 is 25.0 Å². The van der Waals surface area contributed by atoms with Crippen LogP contribution in [-0.4, -0.2) is 48.1 Å². The molecule has 0 aromatic heterocycles. The summed E-state index contributed by atoms with van der Waals surface area (Å²) in [6.45, 7) is 16.7. The molecule has 0 bridgehead atoms. The number of ether oxygens (including phenoxy) is 2. The predicted molar refractivity (Wildman–Crippen MR) is 150 cm³/mol. The molecule has 0 saturated carbocycles. The zero-order valence-corrected chi connectivity index (χ0v) is 23.8. The maximum absolute atomic E-state index is 14.1. The van der Waals surface area contributed by atoms with E-state index < -0.39 is 29.7 Å². The molecule has 8 nitrogen and oxygen atoms in total. The van der Waals surface area contributed by atoms with Gasteiger partial charge in [0.2, 0.25) is 5.91 Å². The van der Waals surface area contributed by atoms with E-state index in [4.69, 9.17) is 9.47 Å². The van der Waals surface area contributed by atoms with Gasteiger partial charge in [-0.25, -0.2) is 4.79 Å². The van der Waals surface area contributed by atoms with E-state index in [1.165, 1.54) is 4.90 Å². The second-order valence-corrected chi connectivity index (χ2v) is 10.6. The van der Waals surface area contributed by atoms with Gasteiger partial charge in [0.25, 0.3) is 5.91 Å². The summed E-state index contributed by atoms with van der Waals surface area (Å²) < 4.78 is 10.6. The van der Waals surface area contributed by atoms with Gasteiger partial charge in [-0.1, -0.05) is 38.1 Å². The van der Waals surface area contributed by atoms with Crippen LogP contribution in [0.2, 0.25) is 0 Å². The molecule has 2 unspecified atom stereocenters. The van der Waals surface area contributed by atoms with Crippen molar-refractivity contribution >= 4 is 23.6 Å². The van der Waals surface area contributed by atoms with Crippen LogP contribution in [0.25, 0.3) is 0 Å². The minimum atomic E-state index is -0.981. The summed E-state index contributed by atoms with van der Waals surface area (Å²) in [6, 6.07) is 10.8.